The summed E-state index contributed by atoms with van der Waals surface area (Å²) in [5.41, 5.74) is 0. The van der Waals surface area contributed by atoms with Gasteiger partial charge in [0.1, 0.15) is 7.47 Å². The van der Waals surface area contributed by atoms with Crippen LogP contribution >= 0.6 is 79.6 Å². The minimum atomic E-state index is -1.52. The normalized spacial score (nSPS) is 13.3. The molecule has 0 saturated heterocycles. The van der Waals surface area contributed by atoms with Crippen molar-refractivity contribution in [3.8, 4) is 0 Å². The lowest BCUT2D eigenvalue weighted by atomic mass is 10.5. The van der Waals surface area contributed by atoms with Gasteiger partial charge < -0.3 is 0 Å². The zero-order chi connectivity index (χ0) is 7.65. The second kappa shape index (κ2) is 4.38. The van der Waals surface area contributed by atoms with E-state index in [-0.39, 0.29) is 0 Å². The van der Waals surface area contributed by atoms with Crippen molar-refractivity contribution >= 4 is 79.6 Å². The van der Waals surface area contributed by atoms with E-state index in [2.05, 4.69) is 79.6 Å². The third-order valence-corrected chi connectivity index (χ3v) is 6.62. The van der Waals surface area contributed by atoms with E-state index in [0.29, 0.717) is 0 Å². The van der Waals surface area contributed by atoms with Crippen LogP contribution in [-0.2, 0) is 0 Å². The monoisotopic (exact) mass is 452 g/mol. The fourth-order valence-electron chi connectivity index (χ4n) is 0.0952. The van der Waals surface area contributed by atoms with E-state index in [1.165, 1.54) is 0 Å². The van der Waals surface area contributed by atoms with Gasteiger partial charge in [0.15, 0.2) is 0 Å². The average molecular weight is 457 g/mol. The average Bonchev–Trinajstić information content (AvgIpc) is 1.65. The second-order valence-corrected chi connectivity index (χ2v) is 8.61. The van der Waals surface area contributed by atoms with Crippen molar-refractivity contribution in [2.24, 2.45) is 0 Å². The maximum absolute atomic E-state index is 13.1. The molecule has 0 aromatic carbocycles. The lowest BCUT2D eigenvalue weighted by Gasteiger charge is -2.20. The van der Waals surface area contributed by atoms with E-state index in [4.69, 9.17) is 0 Å². The Hall–Kier alpha value is 2.33. The quantitative estimate of drug-likeness (QED) is 0.544. The van der Waals surface area contributed by atoms with Crippen LogP contribution in [0.3, 0.4) is 0 Å². The Morgan fingerprint density at radius 3 is 1.22 bits per heavy atom. The SMILES string of the molecule is FC(Br)(C(Br)Br)C(Br)Br. The first-order chi connectivity index (χ1) is 3.89. The van der Waals surface area contributed by atoms with Crippen molar-refractivity contribution < 1.29 is 4.39 Å². The molecule has 0 spiro atoms. The molecule has 0 bridgehead atoms. The summed E-state index contributed by atoms with van der Waals surface area (Å²) >= 11 is 15.0. The Labute approximate surface area is 95.0 Å². The zero-order valence-corrected chi connectivity index (χ0v) is 11.9. The molecule has 0 aromatic heterocycles. The Bertz CT molecular complexity index is 80.2. The van der Waals surface area contributed by atoms with E-state index >= 15 is 0 Å². The van der Waals surface area contributed by atoms with Crippen molar-refractivity contribution in [1.29, 1.82) is 0 Å². The highest BCUT2D eigenvalue weighted by Gasteiger charge is 2.39. The second-order valence-electron chi connectivity index (χ2n) is 1.28. The molecule has 0 amide bonds. The first kappa shape index (κ1) is 11.3. The number of alkyl halides is 6. The molecular weight excluding hydrogens is 455 g/mol. The topological polar surface area (TPSA) is 0 Å². The molecule has 6 heteroatoms. The highest BCUT2D eigenvalue weighted by Crippen LogP contribution is 2.42. The summed E-state index contributed by atoms with van der Waals surface area (Å²) in [5, 5.41) is 0. The van der Waals surface area contributed by atoms with Crippen molar-refractivity contribution in [3.63, 3.8) is 0 Å². The van der Waals surface area contributed by atoms with Gasteiger partial charge in [-0.1, -0.05) is 63.7 Å². The van der Waals surface area contributed by atoms with E-state index < -0.39 is 12.1 Å². The lowest BCUT2D eigenvalue weighted by Crippen LogP contribution is -2.28. The predicted octanol–water partition coefficient (Wildman–Crippen LogP) is 4.28. The molecule has 0 rings (SSSR count). The summed E-state index contributed by atoms with van der Waals surface area (Å²) in [6, 6.07) is 0. The van der Waals surface area contributed by atoms with Gasteiger partial charge >= 0.3 is 0 Å². The summed E-state index contributed by atoms with van der Waals surface area (Å²) in [7, 11) is 0. The minimum absolute atomic E-state index is 0.429. The van der Waals surface area contributed by atoms with Gasteiger partial charge in [-0.3, -0.25) is 0 Å². The van der Waals surface area contributed by atoms with E-state index in [1.54, 1.807) is 0 Å². The van der Waals surface area contributed by atoms with Gasteiger partial charge in [0.2, 0.25) is 4.58 Å². The van der Waals surface area contributed by atoms with Crippen LogP contribution in [0.1, 0.15) is 0 Å². The Morgan fingerprint density at radius 2 is 1.22 bits per heavy atom. The van der Waals surface area contributed by atoms with Crippen molar-refractivity contribution in [2.45, 2.75) is 12.1 Å². The van der Waals surface area contributed by atoms with Crippen molar-refractivity contribution in [1.82, 2.24) is 0 Å². The molecular formula is C3H2Br5F. The molecule has 56 valence electrons. The highest BCUT2D eigenvalue weighted by molar-refractivity contribution is 9.27. The molecule has 9 heavy (non-hydrogen) atoms. The highest BCUT2D eigenvalue weighted by atomic mass is 79.9. The molecule has 0 radical (unpaired) electrons. The Morgan fingerprint density at radius 1 is 1.00 bits per heavy atom. The fraction of sp³-hybridized carbons (Fsp3) is 1.00. The van der Waals surface area contributed by atoms with Gasteiger partial charge in [-0.25, -0.2) is 4.39 Å². The predicted molar refractivity (Wildman–Crippen MR) is 56.1 cm³/mol. The van der Waals surface area contributed by atoms with Crippen LogP contribution in [0, 0.1) is 0 Å². The summed E-state index contributed by atoms with van der Waals surface area (Å²) in [6.45, 7) is 0. The summed E-state index contributed by atoms with van der Waals surface area (Å²) in [6.07, 6.45) is 0. The molecule has 0 nitrogen and oxygen atoms in total. The van der Waals surface area contributed by atoms with Gasteiger partial charge in [-0.15, -0.1) is 0 Å². The maximum atomic E-state index is 13.1. The number of hydrogen-bond donors (Lipinski definition) is 0. The molecule has 0 aromatic rings. The van der Waals surface area contributed by atoms with Crippen LogP contribution in [-0.4, -0.2) is 12.1 Å². The number of halogens is 6. The first-order valence-electron chi connectivity index (χ1n) is 1.83. The molecule has 0 unspecified atom stereocenters. The number of hydrogen-bond acceptors (Lipinski definition) is 0. The van der Waals surface area contributed by atoms with Gasteiger partial charge in [0, 0.05) is 0 Å². The Balaban J connectivity index is 4.01. The van der Waals surface area contributed by atoms with Crippen LogP contribution in [0.2, 0.25) is 0 Å². The van der Waals surface area contributed by atoms with E-state index in [1.807, 2.05) is 0 Å². The van der Waals surface area contributed by atoms with Crippen molar-refractivity contribution in [2.75, 3.05) is 0 Å². The van der Waals surface area contributed by atoms with Gasteiger partial charge in [-0.2, -0.15) is 0 Å². The minimum Gasteiger partial charge on any atom is -0.227 e. The van der Waals surface area contributed by atoms with Crippen LogP contribution in [0.5, 0.6) is 0 Å². The van der Waals surface area contributed by atoms with Crippen molar-refractivity contribution in [3.05, 3.63) is 0 Å². The maximum Gasteiger partial charge on any atom is 0.209 e. The van der Waals surface area contributed by atoms with Gasteiger partial charge in [0.25, 0.3) is 0 Å². The lowest BCUT2D eigenvalue weighted by molar-refractivity contribution is 0.355. The van der Waals surface area contributed by atoms with Crippen LogP contribution < -0.4 is 0 Å². The standard InChI is InChI=1S/C3H2Br5F/c4-1(5)3(8,9)2(6)7/h1-2H. The van der Waals surface area contributed by atoms with Gasteiger partial charge in [-0.05, 0) is 15.9 Å². The third-order valence-electron chi connectivity index (χ3n) is 0.582. The fourth-order valence-corrected chi connectivity index (χ4v) is 2.57. The van der Waals surface area contributed by atoms with E-state index in [9.17, 15) is 4.39 Å². The summed E-state index contributed by atoms with van der Waals surface area (Å²) in [5.74, 6) is 0. The molecule has 0 saturated carbocycles. The largest absolute Gasteiger partial charge is 0.227 e. The van der Waals surface area contributed by atoms with Gasteiger partial charge in [0.05, 0.1) is 0 Å². The number of rotatable bonds is 2. The van der Waals surface area contributed by atoms with Crippen LogP contribution in [0.4, 0.5) is 4.39 Å². The van der Waals surface area contributed by atoms with Crippen LogP contribution in [0.25, 0.3) is 0 Å². The molecule has 0 aliphatic heterocycles. The molecule has 0 heterocycles. The Kier molecular flexibility index (Phi) is 5.51. The summed E-state index contributed by atoms with van der Waals surface area (Å²) < 4.78 is 10.7. The molecule has 0 aliphatic carbocycles. The summed E-state index contributed by atoms with van der Waals surface area (Å²) in [4.78, 5) is 0. The zero-order valence-electron chi connectivity index (χ0n) is 3.92. The molecule has 0 atom stereocenters. The first-order valence-corrected chi connectivity index (χ1v) is 6.28. The third kappa shape index (κ3) is 3.49. The van der Waals surface area contributed by atoms with E-state index in [0.717, 1.165) is 0 Å². The smallest absolute Gasteiger partial charge is 0.209 e. The molecule has 0 aliphatic rings. The molecule has 0 fully saturated rings. The molecule has 0 N–H and O–H groups in total. The van der Waals surface area contributed by atoms with Crippen LogP contribution in [0.15, 0.2) is 0 Å².